The third-order valence-corrected chi connectivity index (χ3v) is 4.07. The minimum atomic E-state index is 0.0489. The van der Waals surface area contributed by atoms with Crippen molar-refractivity contribution in [2.45, 2.75) is 40.0 Å². The predicted octanol–water partition coefficient (Wildman–Crippen LogP) is 4.56. The highest BCUT2D eigenvalue weighted by molar-refractivity contribution is 7.14. The first-order valence-corrected chi connectivity index (χ1v) is 7.81. The molecule has 20 heavy (non-hydrogen) atoms. The second-order valence-electron chi connectivity index (χ2n) is 4.99. The number of amides is 1. The van der Waals surface area contributed by atoms with Crippen molar-refractivity contribution < 1.29 is 4.79 Å². The van der Waals surface area contributed by atoms with Gasteiger partial charge < -0.3 is 5.32 Å². The maximum Gasteiger partial charge on any atom is 0.226 e. The zero-order valence-corrected chi connectivity index (χ0v) is 13.0. The fourth-order valence-corrected chi connectivity index (χ4v) is 2.62. The number of hydrogen-bond acceptors (Lipinski definition) is 3. The molecule has 0 aliphatic carbocycles. The summed E-state index contributed by atoms with van der Waals surface area (Å²) in [4.78, 5) is 16.2. The number of thiazole rings is 1. The maximum atomic E-state index is 11.7. The zero-order chi connectivity index (χ0) is 14.5. The van der Waals surface area contributed by atoms with Gasteiger partial charge in [-0.2, -0.15) is 0 Å². The molecule has 0 saturated carbocycles. The van der Waals surface area contributed by atoms with Crippen molar-refractivity contribution in [3.05, 3.63) is 34.7 Å². The summed E-state index contributed by atoms with van der Waals surface area (Å²) in [5, 5.41) is 5.53. The van der Waals surface area contributed by atoms with Crippen LogP contribution < -0.4 is 5.32 Å². The Morgan fingerprint density at radius 3 is 2.80 bits per heavy atom. The topological polar surface area (TPSA) is 42.0 Å². The molecule has 0 aliphatic heterocycles. The summed E-state index contributed by atoms with van der Waals surface area (Å²) in [6.45, 7) is 6.27. The average molecular weight is 288 g/mol. The Bertz CT molecular complexity index is 604. The highest BCUT2D eigenvalue weighted by atomic mass is 32.1. The first kappa shape index (κ1) is 14.7. The predicted molar refractivity (Wildman–Crippen MR) is 85.2 cm³/mol. The van der Waals surface area contributed by atoms with E-state index in [9.17, 15) is 4.79 Å². The monoisotopic (exact) mass is 288 g/mol. The smallest absolute Gasteiger partial charge is 0.226 e. The van der Waals surface area contributed by atoms with Crippen molar-refractivity contribution in [2.75, 3.05) is 5.32 Å². The summed E-state index contributed by atoms with van der Waals surface area (Å²) in [7, 11) is 0. The zero-order valence-electron chi connectivity index (χ0n) is 12.2. The minimum Gasteiger partial charge on any atom is -0.302 e. The van der Waals surface area contributed by atoms with Crippen LogP contribution in [0.3, 0.4) is 0 Å². The molecule has 1 aromatic heterocycles. The van der Waals surface area contributed by atoms with E-state index in [1.807, 2.05) is 5.38 Å². The Morgan fingerprint density at radius 1 is 1.30 bits per heavy atom. The van der Waals surface area contributed by atoms with Crippen LogP contribution >= 0.6 is 11.3 Å². The fraction of sp³-hybridized carbons (Fsp3) is 0.375. The lowest BCUT2D eigenvalue weighted by molar-refractivity contribution is -0.116. The lowest BCUT2D eigenvalue weighted by Gasteiger charge is -2.02. The molecule has 0 fully saturated rings. The number of aryl methyl sites for hydroxylation is 2. The molecule has 0 bridgehead atoms. The molecule has 0 atom stereocenters. The van der Waals surface area contributed by atoms with Crippen LogP contribution in [0, 0.1) is 13.8 Å². The van der Waals surface area contributed by atoms with Crippen molar-refractivity contribution in [2.24, 2.45) is 0 Å². The molecule has 1 aromatic carbocycles. The molecule has 1 N–H and O–H groups in total. The molecule has 0 spiro atoms. The van der Waals surface area contributed by atoms with Gasteiger partial charge in [0.05, 0.1) is 5.69 Å². The van der Waals surface area contributed by atoms with Gasteiger partial charge in [-0.3, -0.25) is 4.79 Å². The molecule has 0 radical (unpaired) electrons. The summed E-state index contributed by atoms with van der Waals surface area (Å²) in [6, 6.07) is 6.30. The number of nitrogens with zero attached hydrogens (tertiary/aromatic N) is 1. The van der Waals surface area contributed by atoms with Gasteiger partial charge in [-0.15, -0.1) is 11.3 Å². The second-order valence-corrected chi connectivity index (χ2v) is 5.85. The fourth-order valence-electron chi connectivity index (χ4n) is 1.88. The van der Waals surface area contributed by atoms with Crippen LogP contribution in [0.2, 0.25) is 0 Å². The van der Waals surface area contributed by atoms with E-state index < -0.39 is 0 Å². The average Bonchev–Trinajstić information content (AvgIpc) is 2.88. The Balaban J connectivity index is 2.08. The van der Waals surface area contributed by atoms with E-state index in [2.05, 4.69) is 49.3 Å². The van der Waals surface area contributed by atoms with E-state index in [-0.39, 0.29) is 5.91 Å². The summed E-state index contributed by atoms with van der Waals surface area (Å²) < 4.78 is 0. The number of benzene rings is 1. The summed E-state index contributed by atoms with van der Waals surface area (Å²) in [5.74, 6) is 0.0489. The van der Waals surface area contributed by atoms with E-state index in [1.54, 1.807) is 0 Å². The first-order chi connectivity index (χ1) is 9.60. The maximum absolute atomic E-state index is 11.7. The number of anilines is 1. The quantitative estimate of drug-likeness (QED) is 0.876. The number of hydrogen-bond donors (Lipinski definition) is 1. The summed E-state index contributed by atoms with van der Waals surface area (Å²) in [5.41, 5.74) is 4.54. The molecule has 1 heterocycles. The third kappa shape index (κ3) is 3.67. The van der Waals surface area contributed by atoms with E-state index in [0.717, 1.165) is 24.1 Å². The standard InChI is InChI=1S/C16H20N2OS/c1-4-5-6-15(19)18-16-17-14(10-20-16)13-8-7-11(2)12(3)9-13/h7-10H,4-6H2,1-3H3,(H,17,18,19). The van der Waals surface area contributed by atoms with Gasteiger partial charge in [0.1, 0.15) is 0 Å². The number of aromatic nitrogens is 1. The lowest BCUT2D eigenvalue weighted by Crippen LogP contribution is -2.10. The molecule has 0 unspecified atom stereocenters. The van der Waals surface area contributed by atoms with Gasteiger partial charge in [0.25, 0.3) is 0 Å². The highest BCUT2D eigenvalue weighted by Crippen LogP contribution is 2.26. The van der Waals surface area contributed by atoms with Crippen molar-refractivity contribution >= 4 is 22.4 Å². The molecule has 2 rings (SSSR count). The molecule has 106 valence electrons. The number of carbonyl (C=O) groups excluding carboxylic acids is 1. The highest BCUT2D eigenvalue weighted by Gasteiger charge is 2.08. The van der Waals surface area contributed by atoms with E-state index >= 15 is 0 Å². The van der Waals surface area contributed by atoms with Crippen LogP contribution in [0.25, 0.3) is 11.3 Å². The van der Waals surface area contributed by atoms with Crippen molar-refractivity contribution in [1.82, 2.24) is 4.98 Å². The Morgan fingerprint density at radius 2 is 2.10 bits per heavy atom. The Labute approximate surface area is 124 Å². The van der Waals surface area contributed by atoms with Crippen LogP contribution in [-0.4, -0.2) is 10.9 Å². The number of nitrogens with one attached hydrogen (secondary N) is 1. The van der Waals surface area contributed by atoms with Crippen molar-refractivity contribution in [3.8, 4) is 11.3 Å². The first-order valence-electron chi connectivity index (χ1n) is 6.93. The van der Waals surface area contributed by atoms with Crippen LogP contribution in [0.5, 0.6) is 0 Å². The molecule has 0 saturated heterocycles. The van der Waals surface area contributed by atoms with Gasteiger partial charge in [0, 0.05) is 17.4 Å². The molecule has 1 amide bonds. The Hall–Kier alpha value is -1.68. The molecule has 0 aliphatic rings. The normalized spacial score (nSPS) is 10.6. The molecular weight excluding hydrogens is 268 g/mol. The van der Waals surface area contributed by atoms with Gasteiger partial charge in [0.15, 0.2) is 5.13 Å². The lowest BCUT2D eigenvalue weighted by atomic mass is 10.1. The molecular formula is C16H20N2OS. The third-order valence-electron chi connectivity index (χ3n) is 3.31. The van der Waals surface area contributed by atoms with Gasteiger partial charge in [0.2, 0.25) is 5.91 Å². The largest absolute Gasteiger partial charge is 0.302 e. The van der Waals surface area contributed by atoms with E-state index in [4.69, 9.17) is 0 Å². The van der Waals surface area contributed by atoms with Gasteiger partial charge >= 0.3 is 0 Å². The molecule has 4 heteroatoms. The van der Waals surface area contributed by atoms with Crippen LogP contribution in [0.1, 0.15) is 37.3 Å². The minimum absolute atomic E-state index is 0.0489. The summed E-state index contributed by atoms with van der Waals surface area (Å²) in [6.07, 6.45) is 2.51. The second kappa shape index (κ2) is 6.66. The Kier molecular flexibility index (Phi) is 4.90. The van der Waals surface area contributed by atoms with Gasteiger partial charge in [-0.25, -0.2) is 4.98 Å². The number of carbonyl (C=O) groups is 1. The van der Waals surface area contributed by atoms with Crippen LogP contribution in [-0.2, 0) is 4.79 Å². The molecule has 2 aromatic rings. The van der Waals surface area contributed by atoms with E-state index in [0.29, 0.717) is 11.6 Å². The van der Waals surface area contributed by atoms with Crippen LogP contribution in [0.15, 0.2) is 23.6 Å². The molecule has 3 nitrogen and oxygen atoms in total. The SMILES string of the molecule is CCCCC(=O)Nc1nc(-c2ccc(C)c(C)c2)cs1. The van der Waals surface area contributed by atoms with Crippen molar-refractivity contribution in [1.29, 1.82) is 0 Å². The number of unbranched alkanes of at least 4 members (excludes halogenated alkanes) is 1. The van der Waals surface area contributed by atoms with E-state index in [1.165, 1.54) is 22.5 Å². The van der Waals surface area contributed by atoms with Crippen LogP contribution in [0.4, 0.5) is 5.13 Å². The number of rotatable bonds is 5. The van der Waals surface area contributed by atoms with Gasteiger partial charge in [-0.1, -0.05) is 25.5 Å². The summed E-state index contributed by atoms with van der Waals surface area (Å²) >= 11 is 1.47. The van der Waals surface area contributed by atoms with Crippen molar-refractivity contribution in [3.63, 3.8) is 0 Å². The van der Waals surface area contributed by atoms with Gasteiger partial charge in [-0.05, 0) is 37.5 Å².